The number of hydrogen-bond donors (Lipinski definition) is 1. The molecule has 0 aliphatic carbocycles. The van der Waals surface area contributed by atoms with Crippen LogP contribution in [0.2, 0.25) is 0 Å². The number of nitrogens with one attached hydrogen (secondary N) is 1. The van der Waals surface area contributed by atoms with E-state index in [1.165, 1.54) is 0 Å². The van der Waals surface area contributed by atoms with Crippen molar-refractivity contribution in [3.63, 3.8) is 0 Å². The smallest absolute Gasteiger partial charge is 0.243 e. The van der Waals surface area contributed by atoms with Crippen molar-refractivity contribution >= 4 is 5.91 Å². The third-order valence-electron chi connectivity index (χ3n) is 2.41. The summed E-state index contributed by atoms with van der Waals surface area (Å²) in [5.74, 6) is 0.0142. The van der Waals surface area contributed by atoms with Gasteiger partial charge in [0, 0.05) is 6.54 Å². The Hall–Kier alpha value is -0.830. The molecule has 0 fully saturated rings. The summed E-state index contributed by atoms with van der Waals surface area (Å²) >= 11 is 0. The Bertz CT molecular complexity index is 186. The zero-order chi connectivity index (χ0) is 11.5. The van der Waals surface area contributed by atoms with Gasteiger partial charge in [-0.15, -0.1) is 0 Å². The van der Waals surface area contributed by atoms with Gasteiger partial charge in [-0.25, -0.2) is 0 Å². The third kappa shape index (κ3) is 8.18. The minimum absolute atomic E-state index is 0.0142. The predicted molar refractivity (Wildman–Crippen MR) is 64.8 cm³/mol. The van der Waals surface area contributed by atoms with Crippen molar-refractivity contribution in [2.75, 3.05) is 26.2 Å². The van der Waals surface area contributed by atoms with Gasteiger partial charge in [0.05, 0.1) is 0 Å². The predicted octanol–water partition coefficient (Wildman–Crippen LogP) is 1.80. The van der Waals surface area contributed by atoms with Crippen molar-refractivity contribution in [2.45, 2.75) is 33.6 Å². The number of unbranched alkanes of at least 4 members (excludes halogenated alkanes) is 1. The van der Waals surface area contributed by atoms with E-state index in [-0.39, 0.29) is 5.91 Å². The van der Waals surface area contributed by atoms with Crippen molar-refractivity contribution in [2.24, 2.45) is 0 Å². The van der Waals surface area contributed by atoms with Crippen LogP contribution in [-0.2, 0) is 4.79 Å². The number of rotatable bonds is 8. The van der Waals surface area contributed by atoms with E-state index in [1.54, 1.807) is 12.2 Å². The highest BCUT2D eigenvalue weighted by atomic mass is 16.1. The van der Waals surface area contributed by atoms with E-state index in [1.807, 2.05) is 6.92 Å². The van der Waals surface area contributed by atoms with Crippen LogP contribution in [0.5, 0.6) is 0 Å². The molecule has 0 aromatic heterocycles. The van der Waals surface area contributed by atoms with Crippen LogP contribution in [0, 0.1) is 0 Å². The zero-order valence-corrected chi connectivity index (χ0v) is 10.3. The lowest BCUT2D eigenvalue weighted by Crippen LogP contribution is -2.26. The topological polar surface area (TPSA) is 32.3 Å². The van der Waals surface area contributed by atoms with E-state index in [0.717, 1.165) is 39.0 Å². The molecule has 3 nitrogen and oxygen atoms in total. The van der Waals surface area contributed by atoms with Gasteiger partial charge in [-0.05, 0) is 45.5 Å². The van der Waals surface area contributed by atoms with Gasteiger partial charge in [-0.1, -0.05) is 19.9 Å². The monoisotopic (exact) mass is 212 g/mol. The molecule has 1 amide bonds. The summed E-state index contributed by atoms with van der Waals surface area (Å²) in [6.45, 7) is 10.3. The Morgan fingerprint density at radius 3 is 2.47 bits per heavy atom. The molecule has 15 heavy (non-hydrogen) atoms. The minimum atomic E-state index is 0.0142. The fourth-order valence-electron chi connectivity index (χ4n) is 1.42. The maximum atomic E-state index is 11.0. The molecule has 0 atom stereocenters. The number of amides is 1. The molecule has 88 valence electrons. The van der Waals surface area contributed by atoms with E-state index in [2.05, 4.69) is 24.1 Å². The van der Waals surface area contributed by atoms with Crippen molar-refractivity contribution in [3.05, 3.63) is 12.2 Å². The van der Waals surface area contributed by atoms with Gasteiger partial charge >= 0.3 is 0 Å². The van der Waals surface area contributed by atoms with Gasteiger partial charge in [-0.2, -0.15) is 0 Å². The molecule has 0 unspecified atom stereocenters. The van der Waals surface area contributed by atoms with Crippen molar-refractivity contribution in [3.8, 4) is 0 Å². The van der Waals surface area contributed by atoms with Gasteiger partial charge < -0.3 is 10.2 Å². The standard InChI is InChI=1S/C12H24N2O/c1-4-9-12(15)13-10-7-8-11-14(5-2)6-3/h4,9H,5-8,10-11H2,1-3H3,(H,13,15). The normalized spacial score (nSPS) is 11.2. The zero-order valence-electron chi connectivity index (χ0n) is 10.3. The van der Waals surface area contributed by atoms with E-state index in [0.29, 0.717) is 0 Å². The highest BCUT2D eigenvalue weighted by molar-refractivity contribution is 5.87. The van der Waals surface area contributed by atoms with Gasteiger partial charge in [0.15, 0.2) is 0 Å². The molecule has 0 saturated carbocycles. The van der Waals surface area contributed by atoms with E-state index in [9.17, 15) is 4.79 Å². The van der Waals surface area contributed by atoms with Crippen LogP contribution < -0.4 is 5.32 Å². The van der Waals surface area contributed by atoms with E-state index < -0.39 is 0 Å². The molecule has 0 aromatic carbocycles. The molecular weight excluding hydrogens is 188 g/mol. The Labute approximate surface area is 93.5 Å². The second kappa shape index (κ2) is 9.71. The molecular formula is C12H24N2O. The Balaban J connectivity index is 3.35. The van der Waals surface area contributed by atoms with Gasteiger partial charge in [0.1, 0.15) is 0 Å². The van der Waals surface area contributed by atoms with Gasteiger partial charge in [-0.3, -0.25) is 4.79 Å². The first-order chi connectivity index (χ1) is 7.24. The molecule has 1 N–H and O–H groups in total. The Morgan fingerprint density at radius 2 is 1.93 bits per heavy atom. The summed E-state index contributed by atoms with van der Waals surface area (Å²) in [5.41, 5.74) is 0. The molecule has 0 bridgehead atoms. The number of nitrogens with zero attached hydrogens (tertiary/aromatic N) is 1. The molecule has 3 heteroatoms. The van der Waals surface area contributed by atoms with Gasteiger partial charge in [0.2, 0.25) is 5.91 Å². The summed E-state index contributed by atoms with van der Waals surface area (Å²) in [4.78, 5) is 13.4. The Morgan fingerprint density at radius 1 is 1.27 bits per heavy atom. The summed E-state index contributed by atoms with van der Waals surface area (Å²) < 4.78 is 0. The lowest BCUT2D eigenvalue weighted by molar-refractivity contribution is -0.116. The summed E-state index contributed by atoms with van der Waals surface area (Å²) in [6.07, 6.45) is 5.52. The van der Waals surface area contributed by atoms with Crippen LogP contribution in [0.3, 0.4) is 0 Å². The van der Waals surface area contributed by atoms with Crippen molar-refractivity contribution in [1.29, 1.82) is 0 Å². The maximum Gasteiger partial charge on any atom is 0.243 e. The maximum absolute atomic E-state index is 11.0. The van der Waals surface area contributed by atoms with Crippen molar-refractivity contribution < 1.29 is 4.79 Å². The molecule has 0 heterocycles. The Kier molecular flexibility index (Phi) is 9.18. The molecule has 0 aliphatic heterocycles. The SMILES string of the molecule is CC=CC(=O)NCCCCN(CC)CC. The first-order valence-corrected chi connectivity index (χ1v) is 5.87. The fourth-order valence-corrected chi connectivity index (χ4v) is 1.42. The number of allylic oxidation sites excluding steroid dienone is 1. The largest absolute Gasteiger partial charge is 0.353 e. The average molecular weight is 212 g/mol. The van der Waals surface area contributed by atoms with Crippen LogP contribution in [0.4, 0.5) is 0 Å². The second-order valence-electron chi connectivity index (χ2n) is 3.53. The highest BCUT2D eigenvalue weighted by Gasteiger charge is 1.98. The van der Waals surface area contributed by atoms with E-state index in [4.69, 9.17) is 0 Å². The molecule has 0 aliphatic rings. The first-order valence-electron chi connectivity index (χ1n) is 5.87. The van der Waals surface area contributed by atoms with Crippen LogP contribution in [-0.4, -0.2) is 37.0 Å². The summed E-state index contributed by atoms with van der Waals surface area (Å²) in [5, 5.41) is 2.85. The number of hydrogen-bond acceptors (Lipinski definition) is 2. The molecule has 0 aromatic rings. The second-order valence-corrected chi connectivity index (χ2v) is 3.53. The molecule has 0 spiro atoms. The third-order valence-corrected chi connectivity index (χ3v) is 2.41. The molecule has 0 radical (unpaired) electrons. The highest BCUT2D eigenvalue weighted by Crippen LogP contribution is 1.93. The van der Waals surface area contributed by atoms with Crippen LogP contribution >= 0.6 is 0 Å². The van der Waals surface area contributed by atoms with Crippen molar-refractivity contribution in [1.82, 2.24) is 10.2 Å². The average Bonchev–Trinajstić information content (AvgIpc) is 2.24. The first kappa shape index (κ1) is 14.2. The van der Waals surface area contributed by atoms with Crippen LogP contribution in [0.1, 0.15) is 33.6 Å². The molecule has 0 saturated heterocycles. The van der Waals surface area contributed by atoms with Gasteiger partial charge in [0.25, 0.3) is 0 Å². The minimum Gasteiger partial charge on any atom is -0.353 e. The lowest BCUT2D eigenvalue weighted by Gasteiger charge is -2.17. The van der Waals surface area contributed by atoms with Crippen LogP contribution in [0.25, 0.3) is 0 Å². The number of carbonyl (C=O) groups is 1. The summed E-state index contributed by atoms with van der Waals surface area (Å²) in [7, 11) is 0. The molecule has 0 rings (SSSR count). The van der Waals surface area contributed by atoms with E-state index >= 15 is 0 Å². The summed E-state index contributed by atoms with van der Waals surface area (Å²) in [6, 6.07) is 0. The fraction of sp³-hybridized carbons (Fsp3) is 0.750. The quantitative estimate of drug-likeness (QED) is 0.491. The van der Waals surface area contributed by atoms with Crippen LogP contribution in [0.15, 0.2) is 12.2 Å². The lowest BCUT2D eigenvalue weighted by atomic mass is 10.3. The number of carbonyl (C=O) groups excluding carboxylic acids is 1.